The summed E-state index contributed by atoms with van der Waals surface area (Å²) in [7, 11) is 0. The van der Waals surface area contributed by atoms with Crippen LogP contribution in [0.25, 0.3) is 0 Å². The van der Waals surface area contributed by atoms with E-state index < -0.39 is 0 Å². The molecule has 2 rings (SSSR count). The summed E-state index contributed by atoms with van der Waals surface area (Å²) in [5, 5.41) is 0. The molecule has 0 fully saturated rings. The Balaban J connectivity index is 0.000000250. The topological polar surface area (TPSA) is 60.2 Å². The molecule has 0 unspecified atom stereocenters. The molecule has 1 aliphatic rings. The van der Waals surface area contributed by atoms with Crippen molar-refractivity contribution in [3.63, 3.8) is 0 Å². The van der Waals surface area contributed by atoms with Gasteiger partial charge in [0, 0.05) is 11.1 Å². The van der Waals surface area contributed by atoms with Crippen molar-refractivity contribution >= 4 is 11.6 Å². The van der Waals surface area contributed by atoms with Crippen molar-refractivity contribution in [2.24, 2.45) is 5.73 Å². The Morgan fingerprint density at radius 1 is 0.680 bits per heavy atom. The van der Waals surface area contributed by atoms with Crippen LogP contribution in [0.5, 0.6) is 0 Å². The van der Waals surface area contributed by atoms with Gasteiger partial charge in [-0.25, -0.2) is 0 Å². The second-order valence-electron chi connectivity index (χ2n) is 6.58. The number of carbonyl (C=O) groups is 2. The molecule has 0 bridgehead atoms. The monoisotopic (exact) mass is 343 g/mol. The van der Waals surface area contributed by atoms with Gasteiger partial charge in [-0.15, -0.1) is 0 Å². The van der Waals surface area contributed by atoms with Crippen LogP contribution in [-0.4, -0.2) is 18.1 Å². The van der Waals surface area contributed by atoms with E-state index in [0.717, 1.165) is 6.54 Å². The molecule has 0 aromatic heterocycles. The molecule has 1 aromatic carbocycles. The summed E-state index contributed by atoms with van der Waals surface area (Å²) in [6.07, 6.45) is 16.6. The molecule has 138 valence electrons. The second kappa shape index (κ2) is 13.5. The first-order chi connectivity index (χ1) is 12.2. The molecule has 1 aromatic rings. The lowest BCUT2D eigenvalue weighted by molar-refractivity contribution is 0.0994. The quantitative estimate of drug-likeness (QED) is 0.572. The van der Waals surface area contributed by atoms with E-state index in [4.69, 9.17) is 5.73 Å². The van der Waals surface area contributed by atoms with Gasteiger partial charge in [0.25, 0.3) is 0 Å². The van der Waals surface area contributed by atoms with Crippen LogP contribution in [0.3, 0.4) is 0 Å². The third kappa shape index (κ3) is 8.78. The zero-order valence-corrected chi connectivity index (χ0v) is 15.6. The Labute approximate surface area is 152 Å². The van der Waals surface area contributed by atoms with Crippen LogP contribution in [0.4, 0.5) is 0 Å². The van der Waals surface area contributed by atoms with E-state index in [0.29, 0.717) is 11.1 Å². The summed E-state index contributed by atoms with van der Waals surface area (Å²) in [6, 6.07) is 6.84. The van der Waals surface area contributed by atoms with Crippen molar-refractivity contribution in [2.45, 2.75) is 71.1 Å². The molecule has 0 saturated heterocycles. The highest BCUT2D eigenvalue weighted by molar-refractivity contribution is 6.21. The van der Waals surface area contributed by atoms with E-state index in [1.54, 1.807) is 24.3 Å². The summed E-state index contributed by atoms with van der Waals surface area (Å²) in [6.45, 7) is 3.14. The third-order valence-corrected chi connectivity index (χ3v) is 4.40. The largest absolute Gasteiger partial charge is 0.330 e. The van der Waals surface area contributed by atoms with Gasteiger partial charge < -0.3 is 5.73 Å². The van der Waals surface area contributed by atoms with Crippen LogP contribution in [0.15, 0.2) is 36.4 Å². The highest BCUT2D eigenvalue weighted by atomic mass is 16.1. The van der Waals surface area contributed by atoms with Gasteiger partial charge in [-0.05, 0) is 25.1 Å². The number of allylic oxidation sites excluding steroid dienone is 2. The lowest BCUT2D eigenvalue weighted by Crippen LogP contribution is -2.10. The van der Waals surface area contributed by atoms with E-state index in [-0.39, 0.29) is 11.6 Å². The number of hydrogen-bond donors (Lipinski definition) is 1. The second-order valence-corrected chi connectivity index (χ2v) is 6.58. The SMILES string of the molecule is CCCCCCCCCCCCN.O=C1C=CC(=O)c2ccccc21. The molecule has 0 amide bonds. The molecule has 3 nitrogen and oxygen atoms in total. The highest BCUT2D eigenvalue weighted by Gasteiger charge is 2.16. The van der Waals surface area contributed by atoms with Gasteiger partial charge in [0.15, 0.2) is 11.6 Å². The van der Waals surface area contributed by atoms with E-state index in [1.807, 2.05) is 0 Å². The zero-order valence-electron chi connectivity index (χ0n) is 15.6. The molecule has 1 aliphatic carbocycles. The first-order valence-corrected chi connectivity index (χ1v) is 9.76. The van der Waals surface area contributed by atoms with Crippen molar-refractivity contribution in [3.8, 4) is 0 Å². The van der Waals surface area contributed by atoms with Crippen molar-refractivity contribution < 1.29 is 9.59 Å². The minimum atomic E-state index is -0.0924. The van der Waals surface area contributed by atoms with Gasteiger partial charge in [0.05, 0.1) is 0 Å². The number of rotatable bonds is 10. The van der Waals surface area contributed by atoms with Gasteiger partial charge in [-0.3, -0.25) is 9.59 Å². The number of benzene rings is 1. The van der Waals surface area contributed by atoms with Gasteiger partial charge in [0.2, 0.25) is 0 Å². The highest BCUT2D eigenvalue weighted by Crippen LogP contribution is 2.15. The first-order valence-electron chi connectivity index (χ1n) is 9.76. The standard InChI is InChI=1S/C12H27N.C10H6O2/c1-2-3-4-5-6-7-8-9-10-11-12-13;11-9-5-6-10(12)8-4-2-1-3-7(8)9/h2-13H2,1H3;1-6H. The Morgan fingerprint density at radius 2 is 1.08 bits per heavy atom. The maximum Gasteiger partial charge on any atom is 0.186 e. The molecule has 0 saturated carbocycles. The predicted molar refractivity (Wildman–Crippen MR) is 105 cm³/mol. The van der Waals surface area contributed by atoms with Gasteiger partial charge in [-0.1, -0.05) is 89.0 Å². The number of ketones is 2. The summed E-state index contributed by atoms with van der Waals surface area (Å²) >= 11 is 0. The third-order valence-electron chi connectivity index (χ3n) is 4.40. The van der Waals surface area contributed by atoms with Gasteiger partial charge in [0.1, 0.15) is 0 Å². The predicted octanol–water partition coefficient (Wildman–Crippen LogP) is 5.49. The van der Waals surface area contributed by atoms with Crippen molar-refractivity contribution in [2.75, 3.05) is 6.54 Å². The van der Waals surface area contributed by atoms with E-state index in [1.165, 1.54) is 76.4 Å². The summed E-state index contributed by atoms with van der Waals surface area (Å²) in [4.78, 5) is 22.4. The van der Waals surface area contributed by atoms with Gasteiger partial charge in [-0.2, -0.15) is 0 Å². The number of hydrogen-bond acceptors (Lipinski definition) is 3. The van der Waals surface area contributed by atoms with E-state index >= 15 is 0 Å². The number of carbonyl (C=O) groups excluding carboxylic acids is 2. The van der Waals surface area contributed by atoms with Crippen molar-refractivity contribution in [1.82, 2.24) is 0 Å². The maximum atomic E-state index is 11.2. The Morgan fingerprint density at radius 3 is 1.48 bits per heavy atom. The molecular formula is C22H33NO2. The van der Waals surface area contributed by atoms with E-state index in [9.17, 15) is 9.59 Å². The maximum absolute atomic E-state index is 11.2. The minimum Gasteiger partial charge on any atom is -0.330 e. The van der Waals surface area contributed by atoms with E-state index in [2.05, 4.69) is 6.92 Å². The van der Waals surface area contributed by atoms with Crippen LogP contribution in [-0.2, 0) is 0 Å². The average molecular weight is 344 g/mol. The molecule has 0 atom stereocenters. The minimum absolute atomic E-state index is 0.0924. The van der Waals surface area contributed by atoms with Gasteiger partial charge >= 0.3 is 0 Å². The molecule has 0 radical (unpaired) electrons. The van der Waals surface area contributed by atoms with Crippen molar-refractivity contribution in [1.29, 1.82) is 0 Å². The normalized spacial score (nSPS) is 12.6. The molecule has 25 heavy (non-hydrogen) atoms. The fourth-order valence-corrected chi connectivity index (χ4v) is 2.88. The van der Waals surface area contributed by atoms with Crippen LogP contribution < -0.4 is 5.73 Å². The number of fused-ring (bicyclic) bond motifs is 1. The van der Waals surface area contributed by atoms with Crippen LogP contribution >= 0.6 is 0 Å². The zero-order chi connectivity index (χ0) is 18.3. The fourth-order valence-electron chi connectivity index (χ4n) is 2.88. The molecule has 0 aliphatic heterocycles. The van der Waals surface area contributed by atoms with Crippen LogP contribution in [0, 0.1) is 0 Å². The first kappa shape index (κ1) is 21.3. The number of unbranched alkanes of at least 4 members (excludes halogenated alkanes) is 9. The fraction of sp³-hybridized carbons (Fsp3) is 0.545. The average Bonchev–Trinajstić information content (AvgIpc) is 2.64. The summed E-state index contributed by atoms with van der Waals surface area (Å²) in [5.41, 5.74) is 6.43. The summed E-state index contributed by atoms with van der Waals surface area (Å²) < 4.78 is 0. The Kier molecular flexibility index (Phi) is 11.5. The lowest BCUT2D eigenvalue weighted by Gasteiger charge is -2.06. The van der Waals surface area contributed by atoms with Crippen LogP contribution in [0.2, 0.25) is 0 Å². The molecule has 2 N–H and O–H groups in total. The van der Waals surface area contributed by atoms with Crippen LogP contribution in [0.1, 0.15) is 91.8 Å². The molecule has 0 spiro atoms. The molecule has 3 heteroatoms. The Bertz CT molecular complexity index is 502. The lowest BCUT2D eigenvalue weighted by atomic mass is 9.95. The Hall–Kier alpha value is -1.74. The number of nitrogens with two attached hydrogens (primary N) is 1. The smallest absolute Gasteiger partial charge is 0.186 e. The molecular weight excluding hydrogens is 310 g/mol. The van der Waals surface area contributed by atoms with Crippen molar-refractivity contribution in [3.05, 3.63) is 47.5 Å². The molecule has 0 heterocycles. The summed E-state index contributed by atoms with van der Waals surface area (Å²) in [5.74, 6) is -0.185.